The number of aryl methyl sites for hydroxylation is 1. The average molecular weight is 636 g/mol. The highest BCUT2D eigenvalue weighted by Gasteiger charge is 2.35. The molecule has 0 spiro atoms. The number of amides is 4. The summed E-state index contributed by atoms with van der Waals surface area (Å²) >= 11 is 2.09. The van der Waals surface area contributed by atoms with Crippen molar-refractivity contribution in [3.63, 3.8) is 0 Å². The van der Waals surface area contributed by atoms with Crippen molar-refractivity contribution in [2.45, 2.75) is 20.0 Å². The lowest BCUT2D eigenvalue weighted by Gasteiger charge is -2.14. The quantitative estimate of drug-likeness (QED) is 0.197. The highest BCUT2D eigenvalue weighted by molar-refractivity contribution is 14.1. The molecular weight excluding hydrogens is 611 g/mol. The number of urea groups is 1. The first-order valence-corrected chi connectivity index (χ1v) is 13.1. The van der Waals surface area contributed by atoms with E-state index in [4.69, 9.17) is 9.47 Å². The van der Waals surface area contributed by atoms with E-state index in [9.17, 15) is 19.6 Å². The van der Waals surface area contributed by atoms with Gasteiger partial charge in [-0.2, -0.15) is 5.26 Å². The number of hydrogen-bond acceptors (Lipinski definition) is 6. The molecule has 0 atom stereocenters. The fourth-order valence-electron chi connectivity index (χ4n) is 4.03. The van der Waals surface area contributed by atoms with Gasteiger partial charge in [0.1, 0.15) is 18.8 Å². The number of methoxy groups -OCH3 is 1. The molecule has 1 heterocycles. The monoisotopic (exact) mass is 636 g/mol. The summed E-state index contributed by atoms with van der Waals surface area (Å²) in [5.74, 6) is -0.177. The van der Waals surface area contributed by atoms with Gasteiger partial charge < -0.3 is 20.1 Å². The molecule has 0 aliphatic carbocycles. The molecule has 0 aromatic heterocycles. The van der Waals surface area contributed by atoms with Crippen molar-refractivity contribution in [3.05, 3.63) is 92.2 Å². The third-order valence-corrected chi connectivity index (χ3v) is 6.81. The lowest BCUT2D eigenvalue weighted by atomic mass is 10.1. The van der Waals surface area contributed by atoms with Crippen LogP contribution in [0.25, 0.3) is 6.08 Å². The highest BCUT2D eigenvalue weighted by atomic mass is 127. The number of rotatable bonds is 9. The Morgan fingerprint density at radius 2 is 1.85 bits per heavy atom. The van der Waals surface area contributed by atoms with Crippen molar-refractivity contribution < 1.29 is 23.9 Å². The van der Waals surface area contributed by atoms with Crippen LogP contribution in [-0.4, -0.2) is 36.4 Å². The zero-order chi connectivity index (χ0) is 27.9. The maximum Gasteiger partial charge on any atom is 0.329 e. The van der Waals surface area contributed by atoms with E-state index in [1.54, 1.807) is 36.4 Å². The van der Waals surface area contributed by atoms with E-state index in [1.807, 2.05) is 31.2 Å². The van der Waals surface area contributed by atoms with Gasteiger partial charge >= 0.3 is 6.03 Å². The second-order valence-corrected chi connectivity index (χ2v) is 9.69. The van der Waals surface area contributed by atoms with E-state index >= 15 is 0 Å². The maximum absolute atomic E-state index is 13.0. The predicted octanol–water partition coefficient (Wildman–Crippen LogP) is 4.84. The van der Waals surface area contributed by atoms with Gasteiger partial charge in [-0.15, -0.1) is 0 Å². The number of para-hydroxylation sites is 1. The zero-order valence-corrected chi connectivity index (χ0v) is 23.4. The number of nitrogens with zero attached hydrogens (tertiary/aromatic N) is 2. The van der Waals surface area contributed by atoms with E-state index < -0.39 is 24.4 Å². The number of benzene rings is 3. The normalized spacial score (nSPS) is 13.7. The summed E-state index contributed by atoms with van der Waals surface area (Å²) in [6.45, 7) is 1.73. The van der Waals surface area contributed by atoms with Gasteiger partial charge in [-0.1, -0.05) is 43.3 Å². The highest BCUT2D eigenvalue weighted by Crippen LogP contribution is 2.35. The molecule has 1 aliphatic heterocycles. The Labute approximate surface area is 239 Å². The van der Waals surface area contributed by atoms with Crippen LogP contribution in [0.4, 0.5) is 10.5 Å². The van der Waals surface area contributed by atoms with Crippen LogP contribution >= 0.6 is 22.6 Å². The van der Waals surface area contributed by atoms with Crippen LogP contribution in [0.1, 0.15) is 29.2 Å². The Bertz CT molecular complexity index is 1510. The number of nitriles is 1. The van der Waals surface area contributed by atoms with Gasteiger partial charge in [0.25, 0.3) is 5.91 Å². The molecule has 3 aromatic rings. The number of nitrogens with one attached hydrogen (secondary N) is 2. The SMILES string of the molecule is CCc1ccccc1NC(=O)CN1C(=O)N/C(=C/c2cc(I)c(OCc3ccccc3C#N)c(OC)c2)C1=O. The van der Waals surface area contributed by atoms with E-state index in [0.29, 0.717) is 31.9 Å². The van der Waals surface area contributed by atoms with Gasteiger partial charge in [0.15, 0.2) is 11.5 Å². The second kappa shape index (κ2) is 12.4. The van der Waals surface area contributed by atoms with Crippen molar-refractivity contribution in [2.24, 2.45) is 0 Å². The van der Waals surface area contributed by atoms with Gasteiger partial charge in [0.2, 0.25) is 5.91 Å². The minimum atomic E-state index is -0.678. The summed E-state index contributed by atoms with van der Waals surface area (Å²) in [5.41, 5.74) is 3.49. The Balaban J connectivity index is 1.48. The molecule has 39 heavy (non-hydrogen) atoms. The first kappa shape index (κ1) is 27.7. The molecule has 9 nitrogen and oxygen atoms in total. The van der Waals surface area contributed by atoms with Crippen LogP contribution in [0.2, 0.25) is 0 Å². The number of ether oxygens (including phenoxy) is 2. The molecule has 2 N–H and O–H groups in total. The van der Waals surface area contributed by atoms with Crippen LogP contribution < -0.4 is 20.1 Å². The minimum absolute atomic E-state index is 0.0382. The van der Waals surface area contributed by atoms with Crippen molar-refractivity contribution in [1.82, 2.24) is 10.2 Å². The first-order chi connectivity index (χ1) is 18.8. The van der Waals surface area contributed by atoms with Crippen molar-refractivity contribution in [2.75, 3.05) is 19.0 Å². The van der Waals surface area contributed by atoms with E-state index in [2.05, 4.69) is 39.3 Å². The van der Waals surface area contributed by atoms with Crippen molar-refractivity contribution >= 4 is 52.2 Å². The summed E-state index contributed by atoms with van der Waals surface area (Å²) in [6.07, 6.45) is 2.25. The molecule has 0 radical (unpaired) electrons. The summed E-state index contributed by atoms with van der Waals surface area (Å²) < 4.78 is 12.2. The molecule has 3 aromatic carbocycles. The standard InChI is InChI=1S/C29H25IN4O5/c1-3-19-8-6-7-11-23(19)32-26(35)16-34-28(36)24(33-29(34)37)13-18-12-22(30)27(25(14-18)38-2)39-17-21-10-5-4-9-20(21)15-31/h4-14H,3,16-17H2,1-2H3,(H,32,35)(H,33,37)/b24-13+. The topological polar surface area (TPSA) is 121 Å². The summed E-state index contributed by atoms with van der Waals surface area (Å²) in [6, 6.07) is 19.5. The van der Waals surface area contributed by atoms with E-state index in [-0.39, 0.29) is 12.3 Å². The first-order valence-electron chi connectivity index (χ1n) is 12.0. The molecule has 1 fully saturated rings. The average Bonchev–Trinajstić information content (AvgIpc) is 3.19. The van der Waals surface area contributed by atoms with Gasteiger partial charge in [-0.3, -0.25) is 9.59 Å². The summed E-state index contributed by atoms with van der Waals surface area (Å²) in [5, 5.41) is 14.6. The Morgan fingerprint density at radius 3 is 2.56 bits per heavy atom. The van der Waals surface area contributed by atoms with Crippen molar-refractivity contribution in [3.8, 4) is 17.6 Å². The molecule has 1 saturated heterocycles. The molecule has 0 unspecified atom stereocenters. The number of carbonyl (C=O) groups is 3. The van der Waals surface area contributed by atoms with Crippen LogP contribution in [0.15, 0.2) is 66.4 Å². The third-order valence-electron chi connectivity index (χ3n) is 6.01. The van der Waals surface area contributed by atoms with E-state index in [0.717, 1.165) is 22.4 Å². The summed E-state index contributed by atoms with van der Waals surface area (Å²) in [4.78, 5) is 39.0. The fraction of sp³-hybridized carbons (Fsp3) is 0.172. The number of carbonyl (C=O) groups excluding carboxylic acids is 3. The Morgan fingerprint density at radius 1 is 1.13 bits per heavy atom. The number of anilines is 1. The van der Waals surface area contributed by atoms with Crippen LogP contribution in [-0.2, 0) is 22.6 Å². The van der Waals surface area contributed by atoms with Gasteiger partial charge in [-0.05, 0) is 70.5 Å². The maximum atomic E-state index is 13.0. The fourth-order valence-corrected chi connectivity index (χ4v) is 4.82. The number of halogens is 1. The Hall–Kier alpha value is -4.37. The van der Waals surface area contributed by atoms with Gasteiger partial charge in [0.05, 0.1) is 22.3 Å². The molecule has 1 aliphatic rings. The van der Waals surface area contributed by atoms with E-state index in [1.165, 1.54) is 13.2 Å². The molecule has 198 valence electrons. The number of imide groups is 1. The summed E-state index contributed by atoms with van der Waals surface area (Å²) in [7, 11) is 1.50. The molecule has 4 rings (SSSR count). The smallest absolute Gasteiger partial charge is 0.329 e. The molecule has 4 amide bonds. The Kier molecular flexibility index (Phi) is 8.83. The zero-order valence-electron chi connectivity index (χ0n) is 21.3. The number of hydrogen-bond donors (Lipinski definition) is 2. The minimum Gasteiger partial charge on any atom is -0.493 e. The third kappa shape index (κ3) is 6.38. The molecule has 0 bridgehead atoms. The molecular formula is C29H25IN4O5. The van der Waals surface area contributed by atoms with Gasteiger partial charge in [-0.25, -0.2) is 9.69 Å². The second-order valence-electron chi connectivity index (χ2n) is 8.53. The lowest BCUT2D eigenvalue weighted by Crippen LogP contribution is -2.38. The van der Waals surface area contributed by atoms with Crippen LogP contribution in [0, 0.1) is 14.9 Å². The largest absolute Gasteiger partial charge is 0.493 e. The van der Waals surface area contributed by atoms with Crippen LogP contribution in [0.5, 0.6) is 11.5 Å². The van der Waals surface area contributed by atoms with Crippen molar-refractivity contribution in [1.29, 1.82) is 5.26 Å². The van der Waals surface area contributed by atoms with Gasteiger partial charge in [0, 0.05) is 11.3 Å². The molecule has 0 saturated carbocycles. The molecule has 10 heteroatoms. The predicted molar refractivity (Wildman–Crippen MR) is 154 cm³/mol. The van der Waals surface area contributed by atoms with Crippen LogP contribution in [0.3, 0.4) is 0 Å². The lowest BCUT2D eigenvalue weighted by molar-refractivity contribution is -0.127.